The molecule has 0 aliphatic rings. The van der Waals surface area contributed by atoms with E-state index in [1.165, 1.54) is 0 Å². The average Bonchev–Trinajstić information content (AvgIpc) is 2.93. The van der Waals surface area contributed by atoms with Crippen molar-refractivity contribution >= 4 is 56.1 Å². The Kier molecular flexibility index (Phi) is 4.50. The number of aromatic amines is 1. The number of nitrogens with zero attached hydrogens (tertiary/aromatic N) is 1. The molecule has 0 amide bonds. The Morgan fingerprint density at radius 3 is 2.73 bits per heavy atom. The summed E-state index contributed by atoms with van der Waals surface area (Å²) < 4.78 is 1.02. The minimum atomic E-state index is 0.443. The summed E-state index contributed by atoms with van der Waals surface area (Å²) in [6.07, 6.45) is 3.66. The molecule has 0 saturated carbocycles. The number of hydrogen-bond donors (Lipinski definition) is 3. The van der Waals surface area contributed by atoms with Crippen LogP contribution in [0.5, 0.6) is 0 Å². The van der Waals surface area contributed by atoms with Gasteiger partial charge in [-0.05, 0) is 42.5 Å². The first kappa shape index (κ1) is 14.7. The molecule has 3 N–H and O–H groups in total. The summed E-state index contributed by atoms with van der Waals surface area (Å²) in [5.74, 6) is 0. The molecule has 110 valence electrons. The summed E-state index contributed by atoms with van der Waals surface area (Å²) in [7, 11) is 0. The molecule has 22 heavy (non-hydrogen) atoms. The molecule has 0 unspecified atom stereocenters. The molecule has 0 aliphatic carbocycles. The van der Waals surface area contributed by atoms with Crippen molar-refractivity contribution in [1.82, 2.24) is 10.4 Å². The van der Waals surface area contributed by atoms with Crippen LogP contribution in [-0.4, -0.2) is 16.3 Å². The molecule has 0 aliphatic heterocycles. The molecular formula is C16H13BrN4S. The van der Waals surface area contributed by atoms with Gasteiger partial charge in [-0.3, -0.25) is 5.43 Å². The smallest absolute Gasteiger partial charge is 0.191 e. The van der Waals surface area contributed by atoms with Crippen molar-refractivity contribution < 1.29 is 0 Å². The number of hydrazone groups is 1. The molecule has 0 bridgehead atoms. The Hall–Kier alpha value is -2.18. The number of anilines is 1. The summed E-state index contributed by atoms with van der Waals surface area (Å²) in [6, 6.07) is 15.8. The molecule has 1 aromatic heterocycles. The molecule has 0 atom stereocenters. The lowest BCUT2D eigenvalue weighted by Crippen LogP contribution is -2.23. The van der Waals surface area contributed by atoms with E-state index in [9.17, 15) is 0 Å². The van der Waals surface area contributed by atoms with E-state index < -0.39 is 0 Å². The van der Waals surface area contributed by atoms with Gasteiger partial charge in [-0.1, -0.05) is 34.1 Å². The lowest BCUT2D eigenvalue weighted by atomic mass is 10.2. The van der Waals surface area contributed by atoms with Crippen LogP contribution in [0.25, 0.3) is 10.9 Å². The van der Waals surface area contributed by atoms with Gasteiger partial charge in [0, 0.05) is 32.8 Å². The second-order valence-corrected chi connectivity index (χ2v) is 5.94. The van der Waals surface area contributed by atoms with E-state index >= 15 is 0 Å². The van der Waals surface area contributed by atoms with Gasteiger partial charge in [0.05, 0.1) is 6.21 Å². The van der Waals surface area contributed by atoms with Crippen LogP contribution in [0.3, 0.4) is 0 Å². The van der Waals surface area contributed by atoms with E-state index in [2.05, 4.69) is 36.8 Å². The monoisotopic (exact) mass is 372 g/mol. The Bertz CT molecular complexity index is 824. The molecule has 0 radical (unpaired) electrons. The summed E-state index contributed by atoms with van der Waals surface area (Å²) >= 11 is 8.60. The number of benzene rings is 2. The van der Waals surface area contributed by atoms with Crippen molar-refractivity contribution in [2.24, 2.45) is 5.10 Å². The summed E-state index contributed by atoms with van der Waals surface area (Å²) in [6.45, 7) is 0. The van der Waals surface area contributed by atoms with Gasteiger partial charge in [-0.2, -0.15) is 5.10 Å². The molecule has 0 spiro atoms. The van der Waals surface area contributed by atoms with E-state index in [1.54, 1.807) is 6.21 Å². The highest BCUT2D eigenvalue weighted by atomic mass is 79.9. The van der Waals surface area contributed by atoms with Gasteiger partial charge < -0.3 is 10.3 Å². The second-order valence-electron chi connectivity index (χ2n) is 4.62. The van der Waals surface area contributed by atoms with Gasteiger partial charge in [0.2, 0.25) is 0 Å². The van der Waals surface area contributed by atoms with Crippen LogP contribution in [-0.2, 0) is 0 Å². The minimum absolute atomic E-state index is 0.443. The molecule has 1 heterocycles. The first-order valence-electron chi connectivity index (χ1n) is 6.64. The third-order valence-corrected chi connectivity index (χ3v) is 3.82. The lowest BCUT2D eigenvalue weighted by Gasteiger charge is -2.06. The fourth-order valence-corrected chi connectivity index (χ4v) is 2.49. The van der Waals surface area contributed by atoms with E-state index in [4.69, 9.17) is 12.2 Å². The number of aromatic nitrogens is 1. The van der Waals surface area contributed by atoms with Crippen LogP contribution in [0.15, 0.2) is 64.3 Å². The molecule has 4 nitrogen and oxygen atoms in total. The van der Waals surface area contributed by atoms with Gasteiger partial charge in [0.15, 0.2) is 5.11 Å². The highest BCUT2D eigenvalue weighted by molar-refractivity contribution is 9.10. The van der Waals surface area contributed by atoms with Gasteiger partial charge >= 0.3 is 0 Å². The maximum Gasteiger partial charge on any atom is 0.191 e. The van der Waals surface area contributed by atoms with E-state index in [0.29, 0.717) is 5.11 Å². The fraction of sp³-hybridized carbons (Fsp3) is 0. The molecule has 3 aromatic rings. The lowest BCUT2D eigenvalue weighted by molar-refractivity contribution is 1.05. The SMILES string of the molecule is S=C(N/N=C/c1c[nH]c2ccccc12)Nc1ccc(Br)cc1. The predicted octanol–water partition coefficient (Wildman–Crippen LogP) is 4.25. The van der Waals surface area contributed by atoms with Crippen molar-refractivity contribution in [3.63, 3.8) is 0 Å². The first-order valence-corrected chi connectivity index (χ1v) is 7.84. The third-order valence-electron chi connectivity index (χ3n) is 3.09. The largest absolute Gasteiger partial charge is 0.361 e. The standard InChI is InChI=1S/C16H13BrN4S/c17-12-5-7-13(8-6-12)20-16(22)21-19-10-11-9-18-15-4-2-1-3-14(11)15/h1-10,18H,(H2,20,21,22)/b19-10+. The van der Waals surface area contributed by atoms with E-state index in [1.807, 2.05) is 54.7 Å². The molecule has 3 rings (SSSR count). The van der Waals surface area contributed by atoms with Crippen LogP contribution < -0.4 is 10.7 Å². The van der Waals surface area contributed by atoms with Gasteiger partial charge in [0.25, 0.3) is 0 Å². The average molecular weight is 373 g/mol. The number of thiocarbonyl (C=S) groups is 1. The van der Waals surface area contributed by atoms with Gasteiger partial charge in [0.1, 0.15) is 0 Å². The van der Waals surface area contributed by atoms with E-state index in [-0.39, 0.29) is 0 Å². The van der Waals surface area contributed by atoms with Crippen LogP contribution >= 0.6 is 28.1 Å². The number of fused-ring (bicyclic) bond motifs is 1. The van der Waals surface area contributed by atoms with Crippen LogP contribution in [0.2, 0.25) is 0 Å². The Morgan fingerprint density at radius 1 is 1.14 bits per heavy atom. The van der Waals surface area contributed by atoms with E-state index in [0.717, 1.165) is 26.6 Å². The molecular weight excluding hydrogens is 360 g/mol. The zero-order valence-electron chi connectivity index (χ0n) is 11.5. The van der Waals surface area contributed by atoms with Crippen molar-refractivity contribution in [3.05, 3.63) is 64.8 Å². The van der Waals surface area contributed by atoms with Crippen molar-refractivity contribution in [1.29, 1.82) is 0 Å². The molecule has 2 aromatic carbocycles. The number of H-pyrrole nitrogens is 1. The zero-order valence-corrected chi connectivity index (χ0v) is 13.9. The van der Waals surface area contributed by atoms with Gasteiger partial charge in [-0.25, -0.2) is 0 Å². The van der Waals surface area contributed by atoms with Crippen LogP contribution in [0, 0.1) is 0 Å². The second kappa shape index (κ2) is 6.72. The minimum Gasteiger partial charge on any atom is -0.361 e. The Morgan fingerprint density at radius 2 is 1.91 bits per heavy atom. The first-order chi connectivity index (χ1) is 10.7. The number of nitrogens with one attached hydrogen (secondary N) is 3. The third kappa shape index (κ3) is 3.52. The maximum atomic E-state index is 5.20. The number of para-hydroxylation sites is 1. The quantitative estimate of drug-likeness (QED) is 0.366. The molecule has 0 saturated heterocycles. The van der Waals surface area contributed by atoms with Crippen LogP contribution in [0.4, 0.5) is 5.69 Å². The van der Waals surface area contributed by atoms with Crippen molar-refractivity contribution in [3.8, 4) is 0 Å². The molecule has 0 fully saturated rings. The van der Waals surface area contributed by atoms with Gasteiger partial charge in [-0.15, -0.1) is 0 Å². The highest BCUT2D eigenvalue weighted by Gasteiger charge is 2.00. The zero-order chi connectivity index (χ0) is 15.4. The van der Waals surface area contributed by atoms with Crippen molar-refractivity contribution in [2.75, 3.05) is 5.32 Å². The van der Waals surface area contributed by atoms with Crippen molar-refractivity contribution in [2.45, 2.75) is 0 Å². The Balaban J connectivity index is 1.62. The normalized spacial score (nSPS) is 11.0. The number of hydrogen-bond acceptors (Lipinski definition) is 2. The maximum absolute atomic E-state index is 5.20. The Labute approximate surface area is 141 Å². The number of halogens is 1. The summed E-state index contributed by atoms with van der Waals surface area (Å²) in [5, 5.41) is 8.80. The number of rotatable bonds is 3. The predicted molar refractivity (Wildman–Crippen MR) is 99.4 cm³/mol. The van der Waals surface area contributed by atoms with Crippen LogP contribution in [0.1, 0.15) is 5.56 Å². The molecule has 6 heteroatoms. The summed E-state index contributed by atoms with van der Waals surface area (Å²) in [4.78, 5) is 3.20. The topological polar surface area (TPSA) is 52.2 Å². The summed E-state index contributed by atoms with van der Waals surface area (Å²) in [5.41, 5.74) is 5.81. The fourth-order valence-electron chi connectivity index (χ4n) is 2.05. The highest BCUT2D eigenvalue weighted by Crippen LogP contribution is 2.16.